The fraction of sp³-hybridized carbons (Fsp3) is 0.640. The minimum absolute atomic E-state index is 0.0197. The minimum atomic E-state index is -5.59. The van der Waals surface area contributed by atoms with Gasteiger partial charge in [0.15, 0.2) is 22.8 Å². The molecule has 0 aliphatic carbocycles. The predicted octanol–water partition coefficient (Wildman–Crippen LogP) is -1.47. The fourth-order valence-electron chi connectivity index (χ4n) is 4.58. The first kappa shape index (κ1) is 46.4. The van der Waals surface area contributed by atoms with Crippen LogP contribution in [0.5, 0.6) is 0 Å². The number of aliphatic carboxylic acids is 1. The lowest BCUT2D eigenvalue weighted by molar-refractivity contribution is -0.138. The molecule has 310 valence electrons. The van der Waals surface area contributed by atoms with Gasteiger partial charge in [-0.1, -0.05) is 25.6 Å². The van der Waals surface area contributed by atoms with Gasteiger partial charge in [-0.25, -0.2) is 28.6 Å². The van der Waals surface area contributed by atoms with Crippen molar-refractivity contribution in [2.24, 2.45) is 5.41 Å². The van der Waals surface area contributed by atoms with Crippen LogP contribution < -0.4 is 16.4 Å². The number of phosphoric ester groups is 3. The molecule has 1 aliphatic rings. The van der Waals surface area contributed by atoms with E-state index in [2.05, 4.69) is 34.4 Å². The topological polar surface area (TPSA) is 401 Å². The van der Waals surface area contributed by atoms with Crippen LogP contribution >= 0.6 is 35.2 Å². The molecule has 30 heteroatoms. The average Bonchev–Trinajstić information content (AvgIpc) is 3.63. The summed E-state index contributed by atoms with van der Waals surface area (Å²) in [4.78, 5) is 97.3. The number of ether oxygens (including phenoxy) is 1. The lowest BCUT2D eigenvalue weighted by Gasteiger charge is -2.30. The Labute approximate surface area is 314 Å². The van der Waals surface area contributed by atoms with E-state index in [0.717, 1.165) is 29.0 Å². The number of carbonyl (C=O) groups excluding carboxylic acids is 3. The summed E-state index contributed by atoms with van der Waals surface area (Å²) in [7, 11) is -16.4. The van der Waals surface area contributed by atoms with Crippen molar-refractivity contribution in [3.63, 3.8) is 0 Å². The highest BCUT2D eigenvalue weighted by Crippen LogP contribution is 2.61. The van der Waals surface area contributed by atoms with E-state index in [9.17, 15) is 62.7 Å². The van der Waals surface area contributed by atoms with Crippen molar-refractivity contribution in [3.05, 3.63) is 12.7 Å². The summed E-state index contributed by atoms with van der Waals surface area (Å²) in [6.45, 7) is 0.213. The van der Waals surface area contributed by atoms with Crippen LogP contribution in [0.4, 0.5) is 5.82 Å². The first-order valence-corrected chi connectivity index (χ1v) is 21.2. The third-order valence-corrected chi connectivity index (χ3v) is 11.3. The number of imidazole rings is 1. The molecule has 3 heterocycles. The number of nitrogens with one attached hydrogen (secondary N) is 2. The molecule has 0 radical (unpaired) electrons. The molecule has 0 saturated carbocycles. The van der Waals surface area contributed by atoms with E-state index >= 15 is 0 Å². The highest BCUT2D eigenvalue weighted by molar-refractivity contribution is 8.13. The number of carboxylic acids is 1. The number of aliphatic hydroxyl groups excluding tert-OH is 2. The van der Waals surface area contributed by atoms with Crippen molar-refractivity contribution < 1.29 is 90.4 Å². The van der Waals surface area contributed by atoms with E-state index in [4.69, 9.17) is 24.6 Å². The van der Waals surface area contributed by atoms with Gasteiger partial charge in [-0.15, -0.1) is 0 Å². The van der Waals surface area contributed by atoms with Crippen molar-refractivity contribution in [1.29, 1.82) is 0 Å². The molecular formula is C25H40N7O19P3S. The Morgan fingerprint density at radius 3 is 2.35 bits per heavy atom. The van der Waals surface area contributed by atoms with Gasteiger partial charge in [0.25, 0.3) is 0 Å². The molecule has 1 aliphatic heterocycles. The number of fused-ring (bicyclic) bond motifs is 1. The van der Waals surface area contributed by atoms with Crippen molar-refractivity contribution in [3.8, 4) is 0 Å². The Balaban J connectivity index is 1.49. The number of hydrogen-bond donors (Lipinski definition) is 10. The number of phosphoric acid groups is 3. The zero-order valence-electron chi connectivity index (χ0n) is 28.8. The second kappa shape index (κ2) is 19.5. The lowest BCUT2D eigenvalue weighted by atomic mass is 9.87. The average molecular weight is 868 g/mol. The zero-order valence-corrected chi connectivity index (χ0v) is 32.3. The zero-order chi connectivity index (χ0) is 41.4. The molecule has 11 N–H and O–H groups in total. The van der Waals surface area contributed by atoms with E-state index in [1.807, 2.05) is 0 Å². The molecule has 2 aromatic rings. The maximum atomic E-state index is 12.6. The molecule has 2 aromatic heterocycles. The molecule has 7 atom stereocenters. The number of nitrogen functional groups attached to an aromatic ring is 1. The van der Waals surface area contributed by atoms with Crippen LogP contribution in [0.2, 0.25) is 0 Å². The van der Waals surface area contributed by atoms with Crippen molar-refractivity contribution in [1.82, 2.24) is 30.2 Å². The maximum absolute atomic E-state index is 12.6. The number of rotatable bonds is 22. The third kappa shape index (κ3) is 14.5. The standard InChI is InChI=1S/C25H40N7O19P3S/c1-25(2,20(38)23(39)28-6-5-14(33)27-7-8-55-16(36)4-3-15(34)35)10-48-54(45,46)51-53(43,44)47-9-13-19(50-52(40,41)42)18(37)24(49-13)32-12-31-17-21(26)29-11-30-22(17)32/h11-13,18-20,24,37-38H,3-10H2,1-2H3,(H,27,33)(H,28,39)(H,34,35)(H,43,44)(H,45,46)(H2,26,29,30)(H2,40,41,42)/t13-,18-,19-,20-,24-/m0/s1. The summed E-state index contributed by atoms with van der Waals surface area (Å²) in [5, 5.41) is 34.4. The summed E-state index contributed by atoms with van der Waals surface area (Å²) in [5.74, 6) is -2.51. The normalized spacial score (nSPS) is 21.7. The highest BCUT2D eigenvalue weighted by Gasteiger charge is 2.50. The number of amides is 2. The summed E-state index contributed by atoms with van der Waals surface area (Å²) in [6, 6.07) is 0. The van der Waals surface area contributed by atoms with Gasteiger partial charge in [0.2, 0.25) is 11.8 Å². The van der Waals surface area contributed by atoms with E-state index in [1.165, 1.54) is 13.8 Å². The van der Waals surface area contributed by atoms with E-state index < -0.39 is 90.5 Å². The molecule has 0 spiro atoms. The van der Waals surface area contributed by atoms with Crippen LogP contribution in [-0.4, -0.2) is 134 Å². The van der Waals surface area contributed by atoms with Crippen LogP contribution in [0.3, 0.4) is 0 Å². The van der Waals surface area contributed by atoms with Gasteiger partial charge in [-0.05, 0) is 0 Å². The molecule has 55 heavy (non-hydrogen) atoms. The van der Waals surface area contributed by atoms with Crippen LogP contribution in [-0.2, 0) is 55.5 Å². The van der Waals surface area contributed by atoms with E-state index in [0.29, 0.717) is 0 Å². The number of thioether (sulfide) groups is 1. The first-order valence-electron chi connectivity index (χ1n) is 15.7. The van der Waals surface area contributed by atoms with Gasteiger partial charge in [0.1, 0.15) is 36.3 Å². The molecule has 1 saturated heterocycles. The fourth-order valence-corrected chi connectivity index (χ4v) is 8.08. The Morgan fingerprint density at radius 2 is 1.69 bits per heavy atom. The van der Waals surface area contributed by atoms with Crippen molar-refractivity contribution in [2.45, 2.75) is 63.8 Å². The lowest BCUT2D eigenvalue weighted by Crippen LogP contribution is -2.46. The van der Waals surface area contributed by atoms with Crippen LogP contribution in [0, 0.1) is 5.41 Å². The molecule has 1 fully saturated rings. The summed E-state index contributed by atoms with van der Waals surface area (Å²) in [6.07, 6.45) is -7.55. The molecule has 2 unspecified atom stereocenters. The molecule has 0 aromatic carbocycles. The second-order valence-corrected chi connectivity index (χ2v) is 17.6. The van der Waals surface area contributed by atoms with Gasteiger partial charge in [0, 0.05) is 37.1 Å². The number of aliphatic hydroxyl groups is 2. The number of nitrogens with zero attached hydrogens (tertiary/aromatic N) is 4. The highest BCUT2D eigenvalue weighted by atomic mass is 32.2. The molecule has 0 bridgehead atoms. The Morgan fingerprint density at radius 1 is 1.02 bits per heavy atom. The second-order valence-electron chi connectivity index (χ2n) is 12.2. The van der Waals surface area contributed by atoms with Crippen LogP contribution in [0.1, 0.15) is 39.3 Å². The number of carboxylic acid groups (broad SMARTS) is 1. The van der Waals surface area contributed by atoms with Gasteiger partial charge in [0.05, 0.1) is 26.0 Å². The number of carbonyl (C=O) groups is 4. The number of aromatic nitrogens is 4. The summed E-state index contributed by atoms with van der Waals surface area (Å²) >= 11 is 0.849. The number of nitrogens with two attached hydrogens (primary N) is 1. The number of hydrogen-bond acceptors (Lipinski definition) is 19. The monoisotopic (exact) mass is 867 g/mol. The predicted molar refractivity (Wildman–Crippen MR) is 184 cm³/mol. The van der Waals surface area contributed by atoms with E-state index in [1.54, 1.807) is 0 Å². The minimum Gasteiger partial charge on any atom is -0.481 e. The van der Waals surface area contributed by atoms with E-state index in [-0.39, 0.29) is 60.2 Å². The summed E-state index contributed by atoms with van der Waals surface area (Å²) < 4.78 is 61.9. The molecule has 3 rings (SSSR count). The van der Waals surface area contributed by atoms with Crippen molar-refractivity contribution in [2.75, 3.05) is 37.8 Å². The molecule has 26 nitrogen and oxygen atoms in total. The largest absolute Gasteiger partial charge is 0.481 e. The van der Waals surface area contributed by atoms with Gasteiger partial charge >= 0.3 is 29.4 Å². The van der Waals surface area contributed by atoms with Gasteiger partial charge in [-0.3, -0.25) is 37.3 Å². The Hall–Kier alpha value is -2.97. The third-order valence-electron chi connectivity index (χ3n) is 7.31. The van der Waals surface area contributed by atoms with Crippen LogP contribution in [0.15, 0.2) is 12.7 Å². The maximum Gasteiger partial charge on any atom is 0.481 e. The van der Waals surface area contributed by atoms with Crippen LogP contribution in [0.25, 0.3) is 11.2 Å². The summed E-state index contributed by atoms with van der Waals surface area (Å²) in [5.41, 5.74) is 4.20. The SMILES string of the molecule is CC(C)(COP(=O)(O)OP(=O)(O)OC[C@@H]1O[C@H](n2cnc3c(N)ncnc32)[C@@H](O)[C@H]1OP(=O)(O)O)[C@@H](O)C(=O)NCCC(=O)NCCSC(=O)CCC(=O)O. The Bertz CT molecular complexity index is 1850. The quantitative estimate of drug-likeness (QED) is 0.0477. The first-order chi connectivity index (χ1) is 25.4. The van der Waals surface area contributed by atoms with Gasteiger partial charge < -0.3 is 56.0 Å². The molecule has 2 amide bonds. The van der Waals surface area contributed by atoms with Gasteiger partial charge in [-0.2, -0.15) is 4.31 Å². The number of anilines is 1. The Kier molecular flexibility index (Phi) is 16.4. The molecular weight excluding hydrogens is 827 g/mol. The smallest absolute Gasteiger partial charge is 0.481 e. The van der Waals surface area contributed by atoms with Crippen molar-refractivity contribution >= 4 is 75.1 Å².